The molecule has 0 spiro atoms. The number of aliphatic hydroxyl groups is 1. The Kier molecular flexibility index (Phi) is 8.89. The number of fused-ring (bicyclic) bond motifs is 1. The van der Waals surface area contributed by atoms with E-state index in [0.29, 0.717) is 16.7 Å². The van der Waals surface area contributed by atoms with E-state index in [0.717, 1.165) is 42.5 Å². The molecule has 0 heterocycles. The summed E-state index contributed by atoms with van der Waals surface area (Å²) in [6.45, 7) is 0. The average molecular weight is 558 g/mol. The highest BCUT2D eigenvalue weighted by Gasteiger charge is 2.44. The van der Waals surface area contributed by atoms with Gasteiger partial charge in [-0.15, -0.1) is 0 Å². The van der Waals surface area contributed by atoms with Gasteiger partial charge in [0.15, 0.2) is 0 Å². The van der Waals surface area contributed by atoms with Gasteiger partial charge in [-0.05, 0) is 78.3 Å². The highest BCUT2D eigenvalue weighted by atomic mass is 19.3. The molecule has 1 amide bonds. The van der Waals surface area contributed by atoms with Crippen molar-refractivity contribution in [2.24, 2.45) is 0 Å². The molecule has 3 N–H and O–H groups in total. The summed E-state index contributed by atoms with van der Waals surface area (Å²) in [5, 5.41) is 23.3. The lowest BCUT2D eigenvalue weighted by Gasteiger charge is -2.26. The third-order valence-corrected chi connectivity index (χ3v) is 6.60. The number of hydrogen-bond donors (Lipinski definition) is 3. The first-order valence-electron chi connectivity index (χ1n) is 12.6. The number of amides is 1. The second-order valence-electron chi connectivity index (χ2n) is 9.44. The number of carbonyl (C=O) groups excluding carboxylic acids is 1. The van der Waals surface area contributed by atoms with Crippen molar-refractivity contribution >= 4 is 18.0 Å². The minimum absolute atomic E-state index is 0.000101. The van der Waals surface area contributed by atoms with E-state index >= 15 is 0 Å². The molecule has 6 nitrogen and oxygen atoms in total. The van der Waals surface area contributed by atoms with Gasteiger partial charge in [-0.2, -0.15) is 17.6 Å². The quantitative estimate of drug-likeness (QED) is 0.264. The standard InChI is InChI=1S/C30H27F4NO5/c31-29(32)30(33,34)40-22-9-4-6-18(16-22)17-25(26(36)20-12-14-21(15-13-20)28(38)39)35-27(37)24-11-5-8-19-7-2-1-3-10-23(19)24/h3-6,8-16,25-26,29,36H,1-2,7,17H2,(H,35,37)(H,38,39). The molecule has 0 saturated heterocycles. The highest BCUT2D eigenvalue weighted by molar-refractivity contribution is 5.98. The maximum atomic E-state index is 13.5. The maximum absolute atomic E-state index is 13.5. The number of alkyl halides is 4. The molecule has 0 bridgehead atoms. The van der Waals surface area contributed by atoms with Gasteiger partial charge in [-0.1, -0.05) is 48.6 Å². The van der Waals surface area contributed by atoms with E-state index in [2.05, 4.69) is 10.1 Å². The summed E-state index contributed by atoms with van der Waals surface area (Å²) in [6.07, 6.45) is -3.69. The monoisotopic (exact) mass is 557 g/mol. The number of benzene rings is 3. The predicted molar refractivity (Wildman–Crippen MR) is 140 cm³/mol. The Balaban J connectivity index is 1.64. The van der Waals surface area contributed by atoms with E-state index in [-0.39, 0.29) is 12.0 Å². The Hall–Kier alpha value is -4.18. The van der Waals surface area contributed by atoms with Crippen molar-refractivity contribution in [2.75, 3.05) is 0 Å². The summed E-state index contributed by atoms with van der Waals surface area (Å²) in [4.78, 5) is 24.7. The lowest BCUT2D eigenvalue weighted by Crippen LogP contribution is -2.41. The molecule has 0 fully saturated rings. The van der Waals surface area contributed by atoms with Crippen LogP contribution in [0, 0.1) is 0 Å². The van der Waals surface area contributed by atoms with Crippen molar-refractivity contribution in [3.63, 3.8) is 0 Å². The van der Waals surface area contributed by atoms with E-state index in [1.54, 1.807) is 12.1 Å². The first-order valence-corrected chi connectivity index (χ1v) is 12.6. The van der Waals surface area contributed by atoms with Crippen molar-refractivity contribution in [3.8, 4) is 5.75 Å². The zero-order chi connectivity index (χ0) is 28.9. The van der Waals surface area contributed by atoms with E-state index in [9.17, 15) is 37.4 Å². The molecule has 1 aliphatic carbocycles. The lowest BCUT2D eigenvalue weighted by molar-refractivity contribution is -0.253. The molecule has 0 aliphatic heterocycles. The first-order chi connectivity index (χ1) is 19.0. The third kappa shape index (κ3) is 6.87. The Labute approximate surface area is 227 Å². The summed E-state index contributed by atoms with van der Waals surface area (Å²) in [7, 11) is 0. The fraction of sp³-hybridized carbons (Fsp3) is 0.267. The number of aryl methyl sites for hydroxylation is 1. The normalized spacial score (nSPS) is 14.7. The predicted octanol–water partition coefficient (Wildman–Crippen LogP) is 6.05. The van der Waals surface area contributed by atoms with Crippen LogP contribution in [0.25, 0.3) is 6.08 Å². The minimum atomic E-state index is -4.70. The van der Waals surface area contributed by atoms with Crippen molar-refractivity contribution in [2.45, 2.75) is 50.4 Å². The van der Waals surface area contributed by atoms with Crippen molar-refractivity contribution in [1.82, 2.24) is 5.32 Å². The molecule has 0 radical (unpaired) electrons. The van der Waals surface area contributed by atoms with Gasteiger partial charge in [0.1, 0.15) is 5.75 Å². The summed E-state index contributed by atoms with van der Waals surface area (Å²) < 4.78 is 56.4. The van der Waals surface area contributed by atoms with Gasteiger partial charge in [0.05, 0.1) is 17.7 Å². The van der Waals surface area contributed by atoms with Gasteiger partial charge >= 0.3 is 18.5 Å². The molecule has 3 aromatic rings. The number of carbonyl (C=O) groups is 2. The molecular weight excluding hydrogens is 530 g/mol. The number of ether oxygens (including phenoxy) is 1. The molecule has 3 aromatic carbocycles. The largest absolute Gasteiger partial charge is 0.478 e. The summed E-state index contributed by atoms with van der Waals surface area (Å²) >= 11 is 0. The lowest BCUT2D eigenvalue weighted by atomic mass is 9.94. The van der Waals surface area contributed by atoms with Gasteiger partial charge in [0, 0.05) is 5.56 Å². The number of carboxylic acid groups (broad SMARTS) is 1. The van der Waals surface area contributed by atoms with Crippen LogP contribution >= 0.6 is 0 Å². The van der Waals surface area contributed by atoms with Crippen molar-refractivity contribution < 1.29 is 42.1 Å². The number of nitrogens with one attached hydrogen (secondary N) is 1. The topological polar surface area (TPSA) is 95.9 Å². The molecule has 1 aliphatic rings. The van der Waals surface area contributed by atoms with E-state index in [1.165, 1.54) is 36.4 Å². The molecule has 0 aromatic heterocycles. The second-order valence-corrected chi connectivity index (χ2v) is 9.44. The van der Waals surface area contributed by atoms with E-state index in [1.807, 2.05) is 18.2 Å². The summed E-state index contributed by atoms with van der Waals surface area (Å²) in [6, 6.07) is 14.9. The summed E-state index contributed by atoms with van der Waals surface area (Å²) in [5.41, 5.74) is 2.79. The molecule has 0 saturated carbocycles. The number of carboxylic acids is 1. The Morgan fingerprint density at radius 2 is 1.75 bits per heavy atom. The SMILES string of the molecule is O=C(O)c1ccc(C(O)C(Cc2cccc(OC(F)(F)C(F)F)c2)NC(=O)c2cccc3c2C=CCCC3)cc1. The van der Waals surface area contributed by atoms with Crippen LogP contribution in [-0.4, -0.2) is 40.7 Å². The van der Waals surface area contributed by atoms with Gasteiger partial charge in [-0.3, -0.25) is 4.79 Å². The molecule has 2 atom stereocenters. The maximum Gasteiger partial charge on any atom is 0.461 e. The number of aliphatic hydroxyl groups excluding tert-OH is 1. The Bertz CT molecular complexity index is 1390. The Morgan fingerprint density at radius 1 is 1.02 bits per heavy atom. The highest BCUT2D eigenvalue weighted by Crippen LogP contribution is 2.29. The Morgan fingerprint density at radius 3 is 2.45 bits per heavy atom. The van der Waals surface area contributed by atoms with Crippen molar-refractivity contribution in [1.29, 1.82) is 0 Å². The fourth-order valence-corrected chi connectivity index (χ4v) is 4.57. The number of rotatable bonds is 10. The van der Waals surface area contributed by atoms with Crippen LogP contribution in [0.5, 0.6) is 5.75 Å². The van der Waals surface area contributed by atoms with E-state index < -0.39 is 42.3 Å². The van der Waals surface area contributed by atoms with Gasteiger partial charge < -0.3 is 20.3 Å². The minimum Gasteiger partial charge on any atom is -0.478 e. The van der Waals surface area contributed by atoms with Gasteiger partial charge in [0.25, 0.3) is 5.91 Å². The van der Waals surface area contributed by atoms with Gasteiger partial charge in [-0.25, -0.2) is 4.79 Å². The van der Waals surface area contributed by atoms with E-state index in [4.69, 9.17) is 0 Å². The molecule has 10 heteroatoms. The summed E-state index contributed by atoms with van der Waals surface area (Å²) in [5.74, 6) is -2.14. The molecule has 210 valence electrons. The third-order valence-electron chi connectivity index (χ3n) is 6.60. The number of halogens is 4. The molecule has 40 heavy (non-hydrogen) atoms. The fourth-order valence-electron chi connectivity index (χ4n) is 4.57. The number of aromatic carboxylic acids is 1. The average Bonchev–Trinajstić information content (AvgIpc) is 3.18. The van der Waals surface area contributed by atoms with Crippen LogP contribution in [0.4, 0.5) is 17.6 Å². The zero-order valence-corrected chi connectivity index (χ0v) is 21.2. The molecular formula is C30H27F4NO5. The van der Waals surface area contributed by atoms with Crippen LogP contribution in [0.3, 0.4) is 0 Å². The van der Waals surface area contributed by atoms with Crippen LogP contribution in [0.1, 0.15) is 61.9 Å². The van der Waals surface area contributed by atoms with Crippen LogP contribution in [0.15, 0.2) is 72.8 Å². The first kappa shape index (κ1) is 28.8. The molecule has 2 unspecified atom stereocenters. The number of hydrogen-bond acceptors (Lipinski definition) is 4. The zero-order valence-electron chi connectivity index (χ0n) is 21.2. The van der Waals surface area contributed by atoms with Crippen LogP contribution in [0.2, 0.25) is 0 Å². The van der Waals surface area contributed by atoms with Crippen LogP contribution < -0.4 is 10.1 Å². The second kappa shape index (κ2) is 12.3. The smallest absolute Gasteiger partial charge is 0.461 e. The van der Waals surface area contributed by atoms with Crippen LogP contribution in [-0.2, 0) is 12.8 Å². The van der Waals surface area contributed by atoms with Gasteiger partial charge in [0.2, 0.25) is 0 Å². The van der Waals surface area contributed by atoms with Crippen molar-refractivity contribution in [3.05, 3.63) is 106 Å². The number of allylic oxidation sites excluding steroid dienone is 1. The molecule has 4 rings (SSSR count).